The minimum absolute atomic E-state index is 0.0199. The van der Waals surface area contributed by atoms with Gasteiger partial charge in [0.1, 0.15) is 12.4 Å². The molecule has 0 spiro atoms. The normalized spacial score (nSPS) is 14.6. The van der Waals surface area contributed by atoms with Crippen LogP contribution in [0.15, 0.2) is 18.2 Å². The number of carbonyl (C=O) groups is 1. The first kappa shape index (κ1) is 11.0. The van der Waals surface area contributed by atoms with E-state index in [1.54, 1.807) is 0 Å². The number of benzene rings is 1. The highest BCUT2D eigenvalue weighted by atomic mass is 16.5. The number of amides is 1. The lowest BCUT2D eigenvalue weighted by Crippen LogP contribution is -2.40. The molecule has 0 saturated heterocycles. The van der Waals surface area contributed by atoms with Gasteiger partial charge in [0.15, 0.2) is 0 Å². The largest absolute Gasteiger partial charge is 0.490 e. The van der Waals surface area contributed by atoms with Crippen LogP contribution in [-0.2, 0) is 4.79 Å². The van der Waals surface area contributed by atoms with Gasteiger partial charge in [-0.15, -0.1) is 0 Å². The highest BCUT2D eigenvalue weighted by Crippen LogP contribution is 2.33. The van der Waals surface area contributed by atoms with Crippen LogP contribution in [0, 0.1) is 12.8 Å². The fraction of sp³-hybridized carbons (Fsp3) is 0.462. The Morgan fingerprint density at radius 3 is 2.88 bits per heavy atom. The fourth-order valence-electron chi connectivity index (χ4n) is 1.87. The van der Waals surface area contributed by atoms with E-state index in [2.05, 4.69) is 0 Å². The molecule has 0 radical (unpaired) electrons. The van der Waals surface area contributed by atoms with Crippen molar-refractivity contribution in [2.24, 2.45) is 5.92 Å². The molecule has 1 aliphatic rings. The zero-order chi connectivity index (χ0) is 11.7. The first-order valence-corrected chi connectivity index (χ1v) is 5.64. The number of anilines is 1. The minimum atomic E-state index is 0.0199. The lowest BCUT2D eigenvalue weighted by molar-refractivity contribution is -0.121. The van der Waals surface area contributed by atoms with E-state index in [-0.39, 0.29) is 11.8 Å². The van der Waals surface area contributed by atoms with E-state index in [1.165, 1.54) is 0 Å². The van der Waals surface area contributed by atoms with E-state index >= 15 is 0 Å². The molecular formula is C13H17NO2. The van der Waals surface area contributed by atoms with E-state index in [4.69, 9.17) is 4.74 Å². The number of rotatable bonds is 1. The Morgan fingerprint density at radius 2 is 2.19 bits per heavy atom. The maximum Gasteiger partial charge on any atom is 0.229 e. The number of ether oxygens (including phenoxy) is 1. The molecule has 86 valence electrons. The Morgan fingerprint density at radius 1 is 1.44 bits per heavy atom. The van der Waals surface area contributed by atoms with Gasteiger partial charge in [-0.25, -0.2) is 0 Å². The summed E-state index contributed by atoms with van der Waals surface area (Å²) in [7, 11) is 0. The van der Waals surface area contributed by atoms with Crippen LogP contribution in [0.1, 0.15) is 19.4 Å². The van der Waals surface area contributed by atoms with Crippen molar-refractivity contribution in [3.8, 4) is 5.75 Å². The van der Waals surface area contributed by atoms with Crippen LogP contribution in [0.25, 0.3) is 0 Å². The van der Waals surface area contributed by atoms with E-state index in [0.29, 0.717) is 13.2 Å². The molecule has 0 saturated carbocycles. The van der Waals surface area contributed by atoms with Crippen LogP contribution in [0.4, 0.5) is 5.69 Å². The van der Waals surface area contributed by atoms with Gasteiger partial charge < -0.3 is 9.64 Å². The van der Waals surface area contributed by atoms with Crippen LogP contribution < -0.4 is 9.64 Å². The molecular weight excluding hydrogens is 202 g/mol. The molecule has 1 amide bonds. The lowest BCUT2D eigenvalue weighted by Gasteiger charge is -2.31. The van der Waals surface area contributed by atoms with Gasteiger partial charge >= 0.3 is 0 Å². The first-order valence-electron chi connectivity index (χ1n) is 5.64. The SMILES string of the molecule is Cc1ccc2c(c1)N(C(=O)C(C)C)CCO2. The topological polar surface area (TPSA) is 29.5 Å². The highest BCUT2D eigenvalue weighted by Gasteiger charge is 2.25. The summed E-state index contributed by atoms with van der Waals surface area (Å²) in [5.74, 6) is 0.993. The summed E-state index contributed by atoms with van der Waals surface area (Å²) >= 11 is 0. The van der Waals surface area contributed by atoms with Crippen LogP contribution >= 0.6 is 0 Å². The zero-order valence-electron chi connectivity index (χ0n) is 9.99. The zero-order valence-corrected chi connectivity index (χ0v) is 9.99. The van der Waals surface area contributed by atoms with Gasteiger partial charge in [-0.05, 0) is 24.6 Å². The van der Waals surface area contributed by atoms with Gasteiger partial charge in [0.2, 0.25) is 5.91 Å². The molecule has 0 aromatic heterocycles. The fourth-order valence-corrected chi connectivity index (χ4v) is 1.87. The molecule has 0 N–H and O–H groups in total. The number of nitrogens with zero attached hydrogens (tertiary/aromatic N) is 1. The number of fused-ring (bicyclic) bond motifs is 1. The molecule has 1 heterocycles. The Labute approximate surface area is 96.0 Å². The van der Waals surface area contributed by atoms with Crippen molar-refractivity contribution in [2.45, 2.75) is 20.8 Å². The Hall–Kier alpha value is -1.51. The van der Waals surface area contributed by atoms with E-state index in [1.807, 2.05) is 43.9 Å². The van der Waals surface area contributed by atoms with Gasteiger partial charge in [0, 0.05) is 5.92 Å². The number of carbonyl (C=O) groups excluding carboxylic acids is 1. The van der Waals surface area contributed by atoms with Crippen molar-refractivity contribution in [3.63, 3.8) is 0 Å². The quantitative estimate of drug-likeness (QED) is 0.725. The second-order valence-electron chi connectivity index (χ2n) is 4.46. The van der Waals surface area contributed by atoms with Gasteiger partial charge in [0.25, 0.3) is 0 Å². The lowest BCUT2D eigenvalue weighted by atomic mass is 10.1. The van der Waals surface area contributed by atoms with Gasteiger partial charge in [-0.2, -0.15) is 0 Å². The van der Waals surface area contributed by atoms with Crippen molar-refractivity contribution in [1.82, 2.24) is 0 Å². The third-order valence-electron chi connectivity index (χ3n) is 2.74. The van der Waals surface area contributed by atoms with Crippen molar-refractivity contribution < 1.29 is 9.53 Å². The molecule has 0 bridgehead atoms. The van der Waals surface area contributed by atoms with Crippen LogP contribution in [0.5, 0.6) is 5.75 Å². The van der Waals surface area contributed by atoms with Gasteiger partial charge in [-0.1, -0.05) is 19.9 Å². The summed E-state index contributed by atoms with van der Waals surface area (Å²) in [6.45, 7) is 7.09. The average Bonchev–Trinajstić information content (AvgIpc) is 2.27. The summed E-state index contributed by atoms with van der Waals surface area (Å²) in [6, 6.07) is 5.95. The summed E-state index contributed by atoms with van der Waals surface area (Å²) < 4.78 is 5.54. The molecule has 1 aromatic carbocycles. The Kier molecular flexibility index (Phi) is 2.86. The molecule has 3 heteroatoms. The summed E-state index contributed by atoms with van der Waals surface area (Å²) in [5.41, 5.74) is 2.05. The minimum Gasteiger partial charge on any atom is -0.490 e. The summed E-state index contributed by atoms with van der Waals surface area (Å²) in [5, 5.41) is 0. The van der Waals surface area contributed by atoms with Gasteiger partial charge in [-0.3, -0.25) is 4.79 Å². The molecule has 0 aliphatic carbocycles. The van der Waals surface area contributed by atoms with Crippen LogP contribution in [0.3, 0.4) is 0 Å². The Bertz CT molecular complexity index is 412. The maximum atomic E-state index is 12.0. The maximum absolute atomic E-state index is 12.0. The first-order chi connectivity index (χ1) is 7.59. The molecule has 3 nitrogen and oxygen atoms in total. The van der Waals surface area contributed by atoms with E-state index in [9.17, 15) is 4.79 Å². The van der Waals surface area contributed by atoms with Crippen LogP contribution in [-0.4, -0.2) is 19.1 Å². The monoisotopic (exact) mass is 219 g/mol. The third-order valence-corrected chi connectivity index (χ3v) is 2.74. The smallest absolute Gasteiger partial charge is 0.229 e. The van der Waals surface area contributed by atoms with Crippen LogP contribution in [0.2, 0.25) is 0 Å². The number of hydrogen-bond acceptors (Lipinski definition) is 2. The summed E-state index contributed by atoms with van der Waals surface area (Å²) in [6.07, 6.45) is 0. The van der Waals surface area contributed by atoms with E-state index in [0.717, 1.165) is 17.0 Å². The molecule has 1 aromatic rings. The molecule has 16 heavy (non-hydrogen) atoms. The summed E-state index contributed by atoms with van der Waals surface area (Å²) in [4.78, 5) is 13.9. The molecule has 0 atom stereocenters. The predicted octanol–water partition coefficient (Wildman–Crippen LogP) is 2.38. The molecule has 0 unspecified atom stereocenters. The second-order valence-corrected chi connectivity index (χ2v) is 4.46. The number of aryl methyl sites for hydroxylation is 1. The molecule has 2 rings (SSSR count). The Balaban J connectivity index is 2.39. The average molecular weight is 219 g/mol. The van der Waals surface area contributed by atoms with Crippen molar-refractivity contribution in [1.29, 1.82) is 0 Å². The second kappa shape index (κ2) is 4.16. The third kappa shape index (κ3) is 1.90. The highest BCUT2D eigenvalue weighted by molar-refractivity contribution is 5.96. The van der Waals surface area contributed by atoms with Crippen molar-refractivity contribution >= 4 is 11.6 Å². The number of hydrogen-bond donors (Lipinski definition) is 0. The predicted molar refractivity (Wildman–Crippen MR) is 63.9 cm³/mol. The molecule has 0 fully saturated rings. The van der Waals surface area contributed by atoms with Crippen molar-refractivity contribution in [3.05, 3.63) is 23.8 Å². The van der Waals surface area contributed by atoms with E-state index < -0.39 is 0 Å². The van der Waals surface area contributed by atoms with Gasteiger partial charge in [0.05, 0.1) is 12.2 Å². The standard InChI is InChI=1S/C13H17NO2/c1-9(2)13(15)14-6-7-16-12-5-4-10(3)8-11(12)14/h4-5,8-9H,6-7H2,1-3H3. The molecule has 1 aliphatic heterocycles. The van der Waals surface area contributed by atoms with Crippen molar-refractivity contribution in [2.75, 3.05) is 18.1 Å².